The van der Waals surface area contributed by atoms with Gasteiger partial charge in [0.25, 0.3) is 5.91 Å². The molecule has 1 amide bonds. The molecule has 0 unspecified atom stereocenters. The number of carbonyl (C=O) groups excluding carboxylic acids is 1. The summed E-state index contributed by atoms with van der Waals surface area (Å²) in [7, 11) is 0. The van der Waals surface area contributed by atoms with Gasteiger partial charge in [-0.1, -0.05) is 35.5 Å². The lowest BCUT2D eigenvalue weighted by Gasteiger charge is -2.05. The van der Waals surface area contributed by atoms with E-state index in [0.29, 0.717) is 23.9 Å². The second kappa shape index (κ2) is 7.41. The molecule has 0 bridgehead atoms. The Morgan fingerprint density at radius 2 is 1.88 bits per heavy atom. The molecule has 6 heteroatoms. The number of aromatic nitrogens is 2. The molecule has 6 nitrogen and oxygen atoms in total. The Bertz CT molecular complexity index is 798. The molecule has 0 aliphatic heterocycles. The van der Waals surface area contributed by atoms with Crippen molar-refractivity contribution in [2.75, 3.05) is 6.61 Å². The third kappa shape index (κ3) is 3.78. The van der Waals surface area contributed by atoms with E-state index in [-0.39, 0.29) is 12.5 Å². The van der Waals surface area contributed by atoms with Crippen LogP contribution in [-0.2, 0) is 6.54 Å². The van der Waals surface area contributed by atoms with Crippen LogP contribution in [0, 0.1) is 0 Å². The number of amides is 1. The second-order valence-corrected chi connectivity index (χ2v) is 5.02. The summed E-state index contributed by atoms with van der Waals surface area (Å²) >= 11 is 0. The van der Waals surface area contributed by atoms with Crippen LogP contribution in [-0.4, -0.2) is 22.7 Å². The first-order valence-electron chi connectivity index (χ1n) is 7.65. The van der Waals surface area contributed by atoms with Gasteiger partial charge in [-0.15, -0.1) is 0 Å². The first-order chi connectivity index (χ1) is 11.8. The molecule has 1 heterocycles. The van der Waals surface area contributed by atoms with Crippen LogP contribution in [0.4, 0.5) is 0 Å². The third-order valence-corrected chi connectivity index (χ3v) is 3.33. The quantitative estimate of drug-likeness (QED) is 0.754. The van der Waals surface area contributed by atoms with E-state index in [4.69, 9.17) is 9.26 Å². The Kier molecular flexibility index (Phi) is 4.86. The molecule has 0 aliphatic carbocycles. The van der Waals surface area contributed by atoms with Crippen LogP contribution in [0.5, 0.6) is 5.75 Å². The molecule has 3 aromatic rings. The lowest BCUT2D eigenvalue weighted by Crippen LogP contribution is -2.22. The zero-order valence-corrected chi connectivity index (χ0v) is 13.2. The summed E-state index contributed by atoms with van der Waals surface area (Å²) < 4.78 is 10.5. The second-order valence-electron chi connectivity index (χ2n) is 5.02. The summed E-state index contributed by atoms with van der Waals surface area (Å²) in [5.74, 6) is 1.38. The van der Waals surface area contributed by atoms with Gasteiger partial charge in [0.1, 0.15) is 5.75 Å². The maximum atomic E-state index is 12.1. The third-order valence-electron chi connectivity index (χ3n) is 3.33. The predicted octanol–water partition coefficient (Wildman–Crippen LogP) is 3.07. The zero-order chi connectivity index (χ0) is 16.8. The van der Waals surface area contributed by atoms with Crippen molar-refractivity contribution in [3.8, 4) is 17.1 Å². The molecule has 0 fully saturated rings. The monoisotopic (exact) mass is 323 g/mol. The summed E-state index contributed by atoms with van der Waals surface area (Å²) in [6.07, 6.45) is 0. The van der Waals surface area contributed by atoms with Crippen molar-refractivity contribution >= 4 is 5.91 Å². The molecule has 0 aliphatic rings. The minimum absolute atomic E-state index is 0.172. The molecule has 1 N–H and O–H groups in total. The SMILES string of the molecule is CCOc1ccc(C(=O)NCc2nc(-c3ccccc3)no2)cc1. The number of carbonyl (C=O) groups is 1. The number of ether oxygens (including phenoxy) is 1. The van der Waals surface area contributed by atoms with Crippen LogP contribution >= 0.6 is 0 Å². The summed E-state index contributed by atoms with van der Waals surface area (Å²) in [5.41, 5.74) is 1.41. The van der Waals surface area contributed by atoms with Gasteiger partial charge >= 0.3 is 0 Å². The molecule has 24 heavy (non-hydrogen) atoms. The van der Waals surface area contributed by atoms with Gasteiger partial charge in [0, 0.05) is 11.1 Å². The van der Waals surface area contributed by atoms with Crippen molar-refractivity contribution in [2.45, 2.75) is 13.5 Å². The van der Waals surface area contributed by atoms with E-state index >= 15 is 0 Å². The number of nitrogens with one attached hydrogen (secondary N) is 1. The van der Waals surface area contributed by atoms with Gasteiger partial charge in [-0.25, -0.2) is 0 Å². The average molecular weight is 323 g/mol. The van der Waals surface area contributed by atoms with Gasteiger partial charge in [0.05, 0.1) is 13.2 Å². The van der Waals surface area contributed by atoms with Gasteiger partial charge in [-0.3, -0.25) is 4.79 Å². The molecule has 122 valence electrons. The molecule has 2 aromatic carbocycles. The van der Waals surface area contributed by atoms with Gasteiger partial charge in [0.2, 0.25) is 11.7 Å². The predicted molar refractivity (Wildman–Crippen MR) is 88.5 cm³/mol. The van der Waals surface area contributed by atoms with Crippen LogP contribution in [0.3, 0.4) is 0 Å². The largest absolute Gasteiger partial charge is 0.494 e. The van der Waals surface area contributed by atoms with Crippen LogP contribution < -0.4 is 10.1 Å². The molecule has 0 radical (unpaired) electrons. The van der Waals surface area contributed by atoms with Crippen molar-refractivity contribution in [2.24, 2.45) is 0 Å². The molecular formula is C18H17N3O3. The highest BCUT2D eigenvalue weighted by Gasteiger charge is 2.11. The van der Waals surface area contributed by atoms with Crippen LogP contribution in [0.25, 0.3) is 11.4 Å². The van der Waals surface area contributed by atoms with E-state index in [2.05, 4.69) is 15.5 Å². The molecule has 0 spiro atoms. The van der Waals surface area contributed by atoms with Gasteiger partial charge in [-0.2, -0.15) is 4.98 Å². The Labute approximate surface area is 139 Å². The summed E-state index contributed by atoms with van der Waals surface area (Å²) in [4.78, 5) is 16.4. The maximum Gasteiger partial charge on any atom is 0.251 e. The molecule has 3 rings (SSSR count). The van der Waals surface area contributed by atoms with Crippen molar-refractivity contribution in [3.05, 3.63) is 66.1 Å². The first-order valence-corrected chi connectivity index (χ1v) is 7.65. The Morgan fingerprint density at radius 3 is 2.58 bits per heavy atom. The molecule has 0 saturated carbocycles. The van der Waals surface area contributed by atoms with Crippen LogP contribution in [0.2, 0.25) is 0 Å². The number of benzene rings is 2. The van der Waals surface area contributed by atoms with E-state index in [1.54, 1.807) is 24.3 Å². The van der Waals surface area contributed by atoms with Crippen molar-refractivity contribution in [3.63, 3.8) is 0 Å². The standard InChI is InChI=1S/C18H17N3O3/c1-2-23-15-10-8-14(9-11-15)18(22)19-12-16-20-17(21-24-16)13-6-4-3-5-7-13/h3-11H,2,12H2,1H3,(H,19,22). The normalized spacial score (nSPS) is 10.4. The van der Waals surface area contributed by atoms with Crippen molar-refractivity contribution in [1.82, 2.24) is 15.5 Å². The highest BCUT2D eigenvalue weighted by Crippen LogP contribution is 2.15. The average Bonchev–Trinajstić information content (AvgIpc) is 3.10. The number of hydrogen-bond donors (Lipinski definition) is 1. The van der Waals surface area contributed by atoms with E-state index < -0.39 is 0 Å². The van der Waals surface area contributed by atoms with Gasteiger partial charge < -0.3 is 14.6 Å². The minimum atomic E-state index is -0.211. The molecule has 0 saturated heterocycles. The minimum Gasteiger partial charge on any atom is -0.494 e. The Hall–Kier alpha value is -3.15. The number of rotatable bonds is 6. The first kappa shape index (κ1) is 15.7. The van der Waals surface area contributed by atoms with E-state index in [1.165, 1.54) is 0 Å². The highest BCUT2D eigenvalue weighted by molar-refractivity contribution is 5.94. The molecule has 0 atom stereocenters. The fourth-order valence-electron chi connectivity index (χ4n) is 2.16. The smallest absolute Gasteiger partial charge is 0.251 e. The molecule has 1 aromatic heterocycles. The summed E-state index contributed by atoms with van der Waals surface area (Å²) in [5, 5.41) is 6.67. The van der Waals surface area contributed by atoms with E-state index in [9.17, 15) is 4.79 Å². The van der Waals surface area contributed by atoms with Gasteiger partial charge in [-0.05, 0) is 31.2 Å². The Balaban J connectivity index is 1.59. The Morgan fingerprint density at radius 1 is 1.12 bits per heavy atom. The van der Waals surface area contributed by atoms with E-state index in [0.717, 1.165) is 11.3 Å². The lowest BCUT2D eigenvalue weighted by atomic mass is 10.2. The van der Waals surface area contributed by atoms with E-state index in [1.807, 2.05) is 37.3 Å². The molecular weight excluding hydrogens is 306 g/mol. The summed E-state index contributed by atoms with van der Waals surface area (Å²) in [6, 6.07) is 16.5. The van der Waals surface area contributed by atoms with Crippen molar-refractivity contribution < 1.29 is 14.1 Å². The van der Waals surface area contributed by atoms with Crippen molar-refractivity contribution in [1.29, 1.82) is 0 Å². The maximum absolute atomic E-state index is 12.1. The topological polar surface area (TPSA) is 77.2 Å². The van der Waals surface area contributed by atoms with Gasteiger partial charge in [0.15, 0.2) is 0 Å². The lowest BCUT2D eigenvalue weighted by molar-refractivity contribution is 0.0946. The fourth-order valence-corrected chi connectivity index (χ4v) is 2.16. The highest BCUT2D eigenvalue weighted by atomic mass is 16.5. The number of nitrogens with zero attached hydrogens (tertiary/aromatic N) is 2. The number of hydrogen-bond acceptors (Lipinski definition) is 5. The summed E-state index contributed by atoms with van der Waals surface area (Å²) in [6.45, 7) is 2.67. The zero-order valence-electron chi connectivity index (χ0n) is 13.2. The van der Waals surface area contributed by atoms with Crippen LogP contribution in [0.15, 0.2) is 59.1 Å². The van der Waals surface area contributed by atoms with Crippen LogP contribution in [0.1, 0.15) is 23.2 Å². The fraction of sp³-hybridized carbons (Fsp3) is 0.167.